The van der Waals surface area contributed by atoms with Gasteiger partial charge in [-0.3, -0.25) is 4.90 Å². The number of rotatable bonds is 5. The lowest BCUT2D eigenvalue weighted by molar-refractivity contribution is 0.128. The van der Waals surface area contributed by atoms with E-state index >= 15 is 0 Å². The van der Waals surface area contributed by atoms with Crippen LogP contribution in [0, 0.1) is 5.92 Å². The second-order valence-electron chi connectivity index (χ2n) is 7.32. The predicted octanol–water partition coefficient (Wildman–Crippen LogP) is 3.63. The fourth-order valence-corrected chi connectivity index (χ4v) is 4.81. The number of benzene rings is 1. The van der Waals surface area contributed by atoms with Gasteiger partial charge in [0.25, 0.3) is 0 Å². The van der Waals surface area contributed by atoms with Crippen molar-refractivity contribution in [1.29, 1.82) is 0 Å². The minimum Gasteiger partial charge on any atom is -0.497 e. The first-order chi connectivity index (χ1) is 13.6. The van der Waals surface area contributed by atoms with E-state index in [9.17, 15) is 0 Å². The molecule has 0 saturated carbocycles. The molecule has 148 valence electrons. The number of methoxy groups -OCH3 is 1. The van der Waals surface area contributed by atoms with Crippen molar-refractivity contribution < 1.29 is 4.74 Å². The number of halogens is 1. The molecule has 0 bridgehead atoms. The van der Waals surface area contributed by atoms with E-state index in [0.717, 1.165) is 40.3 Å². The van der Waals surface area contributed by atoms with Gasteiger partial charge in [0.2, 0.25) is 0 Å². The minimum absolute atomic E-state index is 0.363. The fourth-order valence-electron chi connectivity index (χ4n) is 4.20. The molecule has 1 fully saturated rings. The molecule has 7 nitrogen and oxygen atoms in total. The maximum Gasteiger partial charge on any atom is 0.164 e. The molecular formula is C20H25BrN6O. The molecule has 2 atom stereocenters. The molecule has 0 radical (unpaired) electrons. The molecule has 0 aliphatic carbocycles. The Hall–Kier alpha value is -2.19. The summed E-state index contributed by atoms with van der Waals surface area (Å²) in [5.74, 6) is 2.20. The number of nitrogens with zero attached hydrogens (tertiary/aromatic N) is 5. The molecule has 3 aromatic rings. The topological polar surface area (TPSA) is 68.1 Å². The number of fused-ring (bicyclic) bond motifs is 1. The summed E-state index contributed by atoms with van der Waals surface area (Å²) in [5.41, 5.74) is 2.14. The van der Waals surface area contributed by atoms with Crippen molar-refractivity contribution in [3.05, 3.63) is 40.8 Å². The molecule has 1 saturated heterocycles. The maximum atomic E-state index is 5.32. The van der Waals surface area contributed by atoms with Gasteiger partial charge >= 0.3 is 0 Å². The number of aryl methyl sites for hydroxylation is 1. The first-order valence-electron chi connectivity index (χ1n) is 9.49. The summed E-state index contributed by atoms with van der Waals surface area (Å²) in [6.45, 7) is 1.95. The Bertz CT molecular complexity index is 957. The van der Waals surface area contributed by atoms with Gasteiger partial charge in [0.05, 0.1) is 12.5 Å². The third-order valence-corrected chi connectivity index (χ3v) is 6.13. The summed E-state index contributed by atoms with van der Waals surface area (Å²) in [4.78, 5) is 11.3. The largest absolute Gasteiger partial charge is 0.497 e. The second kappa shape index (κ2) is 8.05. The van der Waals surface area contributed by atoms with Crippen molar-refractivity contribution in [3.8, 4) is 5.75 Å². The van der Waals surface area contributed by atoms with Gasteiger partial charge in [-0.15, -0.1) is 0 Å². The van der Waals surface area contributed by atoms with E-state index in [4.69, 9.17) is 4.74 Å². The number of piperidine rings is 1. The average molecular weight is 445 g/mol. The lowest BCUT2D eigenvalue weighted by atomic mass is 9.85. The highest BCUT2D eigenvalue weighted by molar-refractivity contribution is 9.10. The summed E-state index contributed by atoms with van der Waals surface area (Å²) >= 11 is 3.53. The standard InChI is InChI=1S/C20H25BrN6O/c1-26-10-4-5-14(17(26)13-6-8-15(28-3)9-7-13)11-22-19-16-18(21)25-27(2)20(16)24-12-23-19/h6-9,12,14,17H,4-5,10-11H2,1-3H3,(H,22,23,24). The first kappa shape index (κ1) is 19.1. The van der Waals surface area contributed by atoms with Crippen LogP contribution in [0.3, 0.4) is 0 Å². The summed E-state index contributed by atoms with van der Waals surface area (Å²) in [7, 11) is 5.80. The summed E-state index contributed by atoms with van der Waals surface area (Å²) in [5, 5.41) is 8.90. The van der Waals surface area contributed by atoms with E-state index in [-0.39, 0.29) is 0 Å². The van der Waals surface area contributed by atoms with Crippen LogP contribution in [-0.2, 0) is 7.05 Å². The van der Waals surface area contributed by atoms with Crippen LogP contribution in [0.4, 0.5) is 5.82 Å². The van der Waals surface area contributed by atoms with E-state index in [1.165, 1.54) is 18.4 Å². The van der Waals surface area contributed by atoms with Crippen molar-refractivity contribution in [2.45, 2.75) is 18.9 Å². The smallest absolute Gasteiger partial charge is 0.164 e. The number of hydrogen-bond donors (Lipinski definition) is 1. The summed E-state index contributed by atoms with van der Waals surface area (Å²) in [6.07, 6.45) is 3.97. The first-order valence-corrected chi connectivity index (χ1v) is 10.3. The maximum absolute atomic E-state index is 5.32. The van der Waals surface area contributed by atoms with Gasteiger partial charge in [0, 0.05) is 19.6 Å². The fraction of sp³-hybridized carbons (Fsp3) is 0.450. The predicted molar refractivity (Wildman–Crippen MR) is 114 cm³/mol. The van der Waals surface area contributed by atoms with Crippen molar-refractivity contribution in [3.63, 3.8) is 0 Å². The Kier molecular flexibility index (Phi) is 5.50. The van der Waals surface area contributed by atoms with Gasteiger partial charge in [-0.2, -0.15) is 5.10 Å². The van der Waals surface area contributed by atoms with Crippen LogP contribution in [0.1, 0.15) is 24.4 Å². The molecule has 0 spiro atoms. The van der Waals surface area contributed by atoms with Crippen LogP contribution in [0.5, 0.6) is 5.75 Å². The van der Waals surface area contributed by atoms with Gasteiger partial charge in [0.15, 0.2) is 5.65 Å². The zero-order valence-electron chi connectivity index (χ0n) is 16.4. The Labute approximate surface area is 173 Å². The molecule has 1 aromatic carbocycles. The summed E-state index contributed by atoms with van der Waals surface area (Å²) in [6, 6.07) is 8.81. The number of ether oxygens (including phenoxy) is 1. The number of aromatic nitrogens is 4. The molecule has 2 aromatic heterocycles. The number of nitrogens with one attached hydrogen (secondary N) is 1. The average Bonchev–Trinajstić information content (AvgIpc) is 3.01. The minimum atomic E-state index is 0.363. The van der Waals surface area contributed by atoms with Crippen molar-refractivity contribution in [2.24, 2.45) is 13.0 Å². The van der Waals surface area contributed by atoms with E-state index in [0.29, 0.717) is 12.0 Å². The van der Waals surface area contributed by atoms with Crippen LogP contribution >= 0.6 is 15.9 Å². The van der Waals surface area contributed by atoms with Crippen molar-refractivity contribution in [2.75, 3.05) is 32.6 Å². The highest BCUT2D eigenvalue weighted by Gasteiger charge is 2.30. The molecule has 1 aliphatic rings. The lowest BCUT2D eigenvalue weighted by Crippen LogP contribution is -2.39. The van der Waals surface area contributed by atoms with Gasteiger partial charge in [-0.25, -0.2) is 14.6 Å². The Morgan fingerprint density at radius 2 is 2.00 bits per heavy atom. The highest BCUT2D eigenvalue weighted by Crippen LogP contribution is 2.36. The Balaban J connectivity index is 1.57. The molecule has 8 heteroatoms. The van der Waals surface area contributed by atoms with Gasteiger partial charge in [0.1, 0.15) is 22.5 Å². The Morgan fingerprint density at radius 3 is 2.75 bits per heavy atom. The third-order valence-electron chi connectivity index (χ3n) is 5.57. The molecule has 2 unspecified atom stereocenters. The van der Waals surface area contributed by atoms with E-state index in [1.807, 2.05) is 19.2 Å². The molecule has 3 heterocycles. The molecular weight excluding hydrogens is 420 g/mol. The monoisotopic (exact) mass is 444 g/mol. The molecule has 1 aliphatic heterocycles. The van der Waals surface area contributed by atoms with Crippen LogP contribution in [-0.4, -0.2) is 51.9 Å². The second-order valence-corrected chi connectivity index (χ2v) is 8.07. The lowest BCUT2D eigenvalue weighted by Gasteiger charge is -2.39. The van der Waals surface area contributed by atoms with Crippen molar-refractivity contribution >= 4 is 32.8 Å². The highest BCUT2D eigenvalue weighted by atomic mass is 79.9. The quantitative estimate of drug-likeness (QED) is 0.647. The number of likely N-dealkylation sites (tertiary alicyclic amines) is 1. The number of hydrogen-bond acceptors (Lipinski definition) is 6. The van der Waals surface area contributed by atoms with Gasteiger partial charge in [-0.05, 0) is 66.0 Å². The van der Waals surface area contributed by atoms with Crippen LogP contribution in [0.2, 0.25) is 0 Å². The van der Waals surface area contributed by atoms with E-state index < -0.39 is 0 Å². The Morgan fingerprint density at radius 1 is 1.21 bits per heavy atom. The molecule has 28 heavy (non-hydrogen) atoms. The van der Waals surface area contributed by atoms with Crippen LogP contribution < -0.4 is 10.1 Å². The molecule has 1 N–H and O–H groups in total. The number of anilines is 1. The zero-order chi connectivity index (χ0) is 19.7. The normalized spacial score (nSPS) is 20.4. The molecule has 0 amide bonds. The van der Waals surface area contributed by atoms with Crippen molar-refractivity contribution in [1.82, 2.24) is 24.6 Å². The molecule has 4 rings (SSSR count). The third kappa shape index (κ3) is 3.58. The SMILES string of the molecule is COc1ccc(C2C(CNc3ncnc4c3c(Br)nn4C)CCCN2C)cc1. The van der Waals surface area contributed by atoms with E-state index in [2.05, 4.69) is 60.4 Å². The van der Waals surface area contributed by atoms with Gasteiger partial charge < -0.3 is 10.1 Å². The van der Waals surface area contributed by atoms with E-state index in [1.54, 1.807) is 18.1 Å². The van der Waals surface area contributed by atoms with Gasteiger partial charge in [-0.1, -0.05) is 12.1 Å². The van der Waals surface area contributed by atoms with Crippen LogP contribution in [0.15, 0.2) is 35.2 Å². The zero-order valence-corrected chi connectivity index (χ0v) is 18.0. The summed E-state index contributed by atoms with van der Waals surface area (Å²) < 4.78 is 7.85. The van der Waals surface area contributed by atoms with Crippen LogP contribution in [0.25, 0.3) is 11.0 Å².